The minimum Gasteiger partial charge on any atom is -0.470 e. The van der Waals surface area contributed by atoms with Crippen LogP contribution in [0.3, 0.4) is 0 Å². The third-order valence-electron chi connectivity index (χ3n) is 1.52. The molecule has 2 heterocycles. The molecule has 0 unspecified atom stereocenters. The van der Waals surface area contributed by atoms with Crippen LogP contribution in [0.4, 0.5) is 0 Å². The second-order valence-corrected chi connectivity index (χ2v) is 2.64. The Bertz CT molecular complexity index is 337. The number of H-pyrrole nitrogens is 1. The lowest BCUT2D eigenvalue weighted by Crippen LogP contribution is -1.66. The molecule has 11 heavy (non-hydrogen) atoms. The van der Waals surface area contributed by atoms with E-state index in [1.54, 1.807) is 6.26 Å². The molecule has 0 bridgehead atoms. The number of halogens is 1. The van der Waals surface area contributed by atoms with Crippen molar-refractivity contribution in [2.24, 2.45) is 0 Å². The average molecular weight is 168 g/mol. The van der Waals surface area contributed by atoms with Crippen molar-refractivity contribution in [2.75, 3.05) is 0 Å². The number of rotatable bonds is 1. The van der Waals surface area contributed by atoms with Gasteiger partial charge in [-0.1, -0.05) is 11.6 Å². The predicted molar refractivity (Wildman–Crippen MR) is 43.5 cm³/mol. The third kappa shape index (κ3) is 1.05. The van der Waals surface area contributed by atoms with Crippen LogP contribution in [0.1, 0.15) is 0 Å². The summed E-state index contributed by atoms with van der Waals surface area (Å²) in [4.78, 5) is 2.94. The first kappa shape index (κ1) is 6.55. The Morgan fingerprint density at radius 2 is 2.27 bits per heavy atom. The zero-order chi connectivity index (χ0) is 7.68. The summed E-state index contributed by atoms with van der Waals surface area (Å²) in [5.74, 6) is 0. The van der Waals surface area contributed by atoms with Crippen LogP contribution in [0.2, 0.25) is 5.02 Å². The molecule has 0 aliphatic carbocycles. The van der Waals surface area contributed by atoms with Gasteiger partial charge in [0.25, 0.3) is 0 Å². The largest absolute Gasteiger partial charge is 0.470 e. The number of aromatic nitrogens is 1. The molecule has 0 radical (unpaired) electrons. The molecular weight excluding hydrogens is 162 g/mol. The molecule has 0 saturated heterocycles. The molecule has 2 rings (SSSR count). The minimum atomic E-state index is 0.643. The Morgan fingerprint density at radius 3 is 2.82 bits per heavy atom. The number of nitrogens with one attached hydrogen (secondary N) is 1. The van der Waals surface area contributed by atoms with Crippen molar-refractivity contribution in [1.29, 1.82) is 0 Å². The van der Waals surface area contributed by atoms with E-state index in [9.17, 15) is 0 Å². The van der Waals surface area contributed by atoms with Gasteiger partial charge < -0.3 is 9.40 Å². The van der Waals surface area contributed by atoms with Crippen LogP contribution in [0, 0.1) is 0 Å². The maximum atomic E-state index is 5.82. The zero-order valence-electron chi connectivity index (χ0n) is 5.67. The van der Waals surface area contributed by atoms with Crippen LogP contribution in [0.15, 0.2) is 35.4 Å². The lowest BCUT2D eigenvalue weighted by molar-refractivity contribution is 0.568. The van der Waals surface area contributed by atoms with Crippen LogP contribution in [-0.4, -0.2) is 4.98 Å². The van der Waals surface area contributed by atoms with Crippen molar-refractivity contribution in [3.05, 3.63) is 36.0 Å². The molecular formula is C8H6ClNO. The van der Waals surface area contributed by atoms with E-state index < -0.39 is 0 Å². The molecule has 1 N–H and O–H groups in total. The second-order valence-electron chi connectivity index (χ2n) is 2.23. The van der Waals surface area contributed by atoms with Crippen molar-refractivity contribution in [3.63, 3.8) is 0 Å². The summed E-state index contributed by atoms with van der Waals surface area (Å²) in [5, 5.41) is 0.643. The van der Waals surface area contributed by atoms with E-state index >= 15 is 0 Å². The molecule has 2 nitrogen and oxygen atoms in total. The van der Waals surface area contributed by atoms with Gasteiger partial charge in [0.05, 0.1) is 11.3 Å². The number of furan rings is 1. The summed E-state index contributed by atoms with van der Waals surface area (Å²) in [6.45, 7) is 0. The van der Waals surface area contributed by atoms with E-state index in [1.165, 1.54) is 6.26 Å². The van der Waals surface area contributed by atoms with E-state index in [4.69, 9.17) is 16.0 Å². The number of hydrogen-bond acceptors (Lipinski definition) is 1. The Labute approximate surface area is 68.8 Å². The molecule has 0 fully saturated rings. The molecule has 0 saturated carbocycles. The van der Waals surface area contributed by atoms with Crippen LogP contribution in [-0.2, 0) is 0 Å². The highest BCUT2D eigenvalue weighted by Crippen LogP contribution is 2.27. The smallest absolute Gasteiger partial charge is 0.110 e. The van der Waals surface area contributed by atoms with Crippen molar-refractivity contribution in [1.82, 2.24) is 4.98 Å². The second kappa shape index (κ2) is 2.47. The van der Waals surface area contributed by atoms with E-state index in [0.29, 0.717) is 5.02 Å². The molecule has 0 aliphatic heterocycles. The van der Waals surface area contributed by atoms with Gasteiger partial charge in [0.2, 0.25) is 0 Å². The van der Waals surface area contributed by atoms with Crippen LogP contribution in [0.25, 0.3) is 11.1 Å². The topological polar surface area (TPSA) is 28.9 Å². The quantitative estimate of drug-likeness (QED) is 0.695. The summed E-state index contributed by atoms with van der Waals surface area (Å²) < 4.78 is 4.92. The van der Waals surface area contributed by atoms with Gasteiger partial charge in [0.15, 0.2) is 0 Å². The van der Waals surface area contributed by atoms with Gasteiger partial charge in [0, 0.05) is 23.5 Å². The van der Waals surface area contributed by atoms with Gasteiger partial charge in [0.1, 0.15) is 6.26 Å². The van der Waals surface area contributed by atoms with Gasteiger partial charge in [-0.25, -0.2) is 0 Å². The van der Waals surface area contributed by atoms with Gasteiger partial charge >= 0.3 is 0 Å². The summed E-state index contributed by atoms with van der Waals surface area (Å²) in [6, 6.07) is 1.94. The van der Waals surface area contributed by atoms with Crippen molar-refractivity contribution >= 4 is 11.6 Å². The first-order valence-electron chi connectivity index (χ1n) is 3.23. The van der Waals surface area contributed by atoms with Crippen molar-refractivity contribution in [2.45, 2.75) is 0 Å². The maximum Gasteiger partial charge on any atom is 0.110 e. The standard InChI is InChI=1S/C8H6ClNO/c9-8-5-11-4-7(8)6-1-2-10-3-6/h1-5,10H. The fourth-order valence-corrected chi connectivity index (χ4v) is 1.18. The highest BCUT2D eigenvalue weighted by Gasteiger charge is 2.04. The van der Waals surface area contributed by atoms with Gasteiger partial charge in [-0.2, -0.15) is 0 Å². The first-order valence-corrected chi connectivity index (χ1v) is 3.60. The fourth-order valence-electron chi connectivity index (χ4n) is 0.979. The van der Waals surface area contributed by atoms with Gasteiger partial charge in [-0.05, 0) is 6.07 Å². The predicted octanol–water partition coefficient (Wildman–Crippen LogP) is 2.93. The lowest BCUT2D eigenvalue weighted by atomic mass is 10.2. The molecule has 0 spiro atoms. The van der Waals surface area contributed by atoms with Crippen molar-refractivity contribution in [3.8, 4) is 11.1 Å². The molecule has 56 valence electrons. The number of aromatic amines is 1. The van der Waals surface area contributed by atoms with Gasteiger partial charge in [-0.15, -0.1) is 0 Å². The average Bonchev–Trinajstić information content (AvgIpc) is 2.55. The summed E-state index contributed by atoms with van der Waals surface area (Å²) in [6.07, 6.45) is 6.87. The highest BCUT2D eigenvalue weighted by molar-refractivity contribution is 6.33. The first-order chi connectivity index (χ1) is 5.38. The SMILES string of the molecule is Clc1cocc1-c1cc[nH]c1. The number of hydrogen-bond donors (Lipinski definition) is 1. The Morgan fingerprint density at radius 1 is 1.36 bits per heavy atom. The molecule has 0 aromatic carbocycles. The molecule has 0 aliphatic rings. The van der Waals surface area contributed by atoms with E-state index in [-0.39, 0.29) is 0 Å². The van der Waals surface area contributed by atoms with Crippen molar-refractivity contribution < 1.29 is 4.42 Å². The van der Waals surface area contributed by atoms with Crippen LogP contribution in [0.5, 0.6) is 0 Å². The Balaban J connectivity index is 2.53. The van der Waals surface area contributed by atoms with E-state index in [2.05, 4.69) is 4.98 Å². The molecule has 2 aromatic heterocycles. The summed E-state index contributed by atoms with van der Waals surface area (Å²) in [7, 11) is 0. The van der Waals surface area contributed by atoms with Gasteiger partial charge in [-0.3, -0.25) is 0 Å². The third-order valence-corrected chi connectivity index (χ3v) is 1.82. The van der Waals surface area contributed by atoms with Crippen LogP contribution < -0.4 is 0 Å². The molecule has 2 aromatic rings. The van der Waals surface area contributed by atoms with E-state index in [0.717, 1.165) is 11.1 Å². The van der Waals surface area contributed by atoms with E-state index in [1.807, 2.05) is 18.5 Å². The fraction of sp³-hybridized carbons (Fsp3) is 0. The van der Waals surface area contributed by atoms with Crippen LogP contribution >= 0.6 is 11.6 Å². The molecule has 0 atom stereocenters. The minimum absolute atomic E-state index is 0.643. The summed E-state index contributed by atoms with van der Waals surface area (Å²) >= 11 is 5.82. The summed E-state index contributed by atoms with van der Waals surface area (Å²) in [5.41, 5.74) is 1.97. The lowest BCUT2D eigenvalue weighted by Gasteiger charge is -1.88. The zero-order valence-corrected chi connectivity index (χ0v) is 6.43. The highest BCUT2D eigenvalue weighted by atomic mass is 35.5. The molecule has 0 amide bonds. The Kier molecular flexibility index (Phi) is 1.47. The normalized spacial score (nSPS) is 10.3. The monoisotopic (exact) mass is 167 g/mol. The Hall–Kier alpha value is -1.15. The molecule has 3 heteroatoms. The maximum absolute atomic E-state index is 5.82.